The summed E-state index contributed by atoms with van der Waals surface area (Å²) in [6, 6.07) is 12.9. The number of benzene rings is 2. The van der Waals surface area contributed by atoms with E-state index in [0.717, 1.165) is 11.1 Å². The molecule has 2 aromatic carbocycles. The molecule has 136 valence electrons. The molecule has 25 heavy (non-hydrogen) atoms. The summed E-state index contributed by atoms with van der Waals surface area (Å²) in [6.45, 7) is 0.204. The molecule has 0 radical (unpaired) electrons. The van der Waals surface area contributed by atoms with Gasteiger partial charge in [0.2, 0.25) is 10.0 Å². The van der Waals surface area contributed by atoms with Crippen LogP contribution in [0.2, 0.25) is 0 Å². The first-order chi connectivity index (χ1) is 11.9. The van der Waals surface area contributed by atoms with Crippen LogP contribution in [0.1, 0.15) is 11.1 Å². The third-order valence-corrected chi connectivity index (χ3v) is 4.88. The number of hydrogen-bond donors (Lipinski definition) is 2. The minimum Gasteiger partial charge on any atom is -0.435 e. The lowest BCUT2D eigenvalue weighted by molar-refractivity contribution is -0.0498. The quantitative estimate of drug-likeness (QED) is 0.666. The number of rotatable bonds is 9. The van der Waals surface area contributed by atoms with Crippen molar-refractivity contribution in [2.24, 2.45) is 0 Å². The van der Waals surface area contributed by atoms with Crippen molar-refractivity contribution < 1.29 is 21.9 Å². The topological polar surface area (TPSA) is 67.4 Å². The Morgan fingerprint density at radius 1 is 1.00 bits per heavy atom. The molecule has 5 nitrogen and oxygen atoms in total. The van der Waals surface area contributed by atoms with Crippen LogP contribution in [0.15, 0.2) is 53.4 Å². The van der Waals surface area contributed by atoms with Gasteiger partial charge in [-0.25, -0.2) is 13.1 Å². The van der Waals surface area contributed by atoms with Crippen LogP contribution in [-0.2, 0) is 16.6 Å². The van der Waals surface area contributed by atoms with Crippen LogP contribution < -0.4 is 14.8 Å². The normalized spacial score (nSPS) is 11.7. The molecule has 0 aliphatic carbocycles. The number of ether oxygens (including phenoxy) is 1. The van der Waals surface area contributed by atoms with Gasteiger partial charge < -0.3 is 10.1 Å². The summed E-state index contributed by atoms with van der Waals surface area (Å²) >= 11 is 0. The van der Waals surface area contributed by atoms with E-state index >= 15 is 0 Å². The SMILES string of the molecule is Cc1ccc(S(=O)(=O)NCCNCc2ccc(OC(F)F)cc2)cc1. The molecule has 8 heteroatoms. The van der Waals surface area contributed by atoms with Gasteiger partial charge in [-0.2, -0.15) is 8.78 Å². The molecule has 0 fully saturated rings. The average Bonchev–Trinajstić information content (AvgIpc) is 2.56. The average molecular weight is 370 g/mol. The summed E-state index contributed by atoms with van der Waals surface area (Å²) in [5.41, 5.74) is 1.87. The fourth-order valence-electron chi connectivity index (χ4n) is 2.10. The maximum atomic E-state index is 12.1. The van der Waals surface area contributed by atoms with Crippen LogP contribution in [0.25, 0.3) is 0 Å². The van der Waals surface area contributed by atoms with Gasteiger partial charge in [0.1, 0.15) is 5.75 Å². The third kappa shape index (κ3) is 6.41. The maximum Gasteiger partial charge on any atom is 0.387 e. The molecule has 2 aromatic rings. The van der Waals surface area contributed by atoms with Gasteiger partial charge in [0.15, 0.2) is 0 Å². The summed E-state index contributed by atoms with van der Waals surface area (Å²) in [5.74, 6) is 0.101. The van der Waals surface area contributed by atoms with Crippen LogP contribution in [0, 0.1) is 6.92 Å². The highest BCUT2D eigenvalue weighted by Gasteiger charge is 2.12. The summed E-state index contributed by atoms with van der Waals surface area (Å²) in [5, 5.41) is 3.08. The Morgan fingerprint density at radius 3 is 2.24 bits per heavy atom. The fourth-order valence-corrected chi connectivity index (χ4v) is 3.13. The monoisotopic (exact) mass is 370 g/mol. The Morgan fingerprint density at radius 2 is 1.64 bits per heavy atom. The zero-order valence-corrected chi connectivity index (χ0v) is 14.5. The zero-order chi connectivity index (χ0) is 18.3. The van der Waals surface area contributed by atoms with E-state index in [1.54, 1.807) is 36.4 Å². The van der Waals surface area contributed by atoms with Gasteiger partial charge in [-0.3, -0.25) is 0 Å². The van der Waals surface area contributed by atoms with Crippen molar-refractivity contribution in [1.82, 2.24) is 10.0 Å². The Labute approximate surface area is 146 Å². The van der Waals surface area contributed by atoms with E-state index in [0.29, 0.717) is 13.1 Å². The van der Waals surface area contributed by atoms with E-state index in [2.05, 4.69) is 14.8 Å². The number of nitrogens with one attached hydrogen (secondary N) is 2. The van der Waals surface area contributed by atoms with Crippen molar-refractivity contribution >= 4 is 10.0 Å². The van der Waals surface area contributed by atoms with Crippen molar-refractivity contribution in [1.29, 1.82) is 0 Å². The summed E-state index contributed by atoms with van der Waals surface area (Å²) in [7, 11) is -3.52. The summed E-state index contributed by atoms with van der Waals surface area (Å²) in [6.07, 6.45) is 0. The van der Waals surface area contributed by atoms with E-state index in [1.165, 1.54) is 12.1 Å². The maximum absolute atomic E-state index is 12.1. The second kappa shape index (κ2) is 8.89. The van der Waals surface area contributed by atoms with Gasteiger partial charge in [0, 0.05) is 19.6 Å². The Bertz CT molecular complexity index is 763. The lowest BCUT2D eigenvalue weighted by atomic mass is 10.2. The molecule has 0 aromatic heterocycles. The molecule has 0 unspecified atom stereocenters. The summed E-state index contributed by atoms with van der Waals surface area (Å²) < 4.78 is 55.1. The van der Waals surface area contributed by atoms with Crippen molar-refractivity contribution in [3.63, 3.8) is 0 Å². The van der Waals surface area contributed by atoms with E-state index in [-0.39, 0.29) is 17.2 Å². The predicted octanol–water partition coefficient (Wildman–Crippen LogP) is 2.66. The molecule has 0 saturated carbocycles. The molecule has 0 aliphatic rings. The Hall–Kier alpha value is -2.03. The van der Waals surface area contributed by atoms with Crippen molar-refractivity contribution in [3.05, 3.63) is 59.7 Å². The molecule has 2 rings (SSSR count). The Balaban J connectivity index is 1.73. The zero-order valence-electron chi connectivity index (χ0n) is 13.7. The fraction of sp³-hybridized carbons (Fsp3) is 0.294. The van der Waals surface area contributed by atoms with Crippen LogP contribution in [0.3, 0.4) is 0 Å². The number of sulfonamides is 1. The van der Waals surface area contributed by atoms with E-state index < -0.39 is 16.6 Å². The van der Waals surface area contributed by atoms with Crippen LogP contribution in [-0.4, -0.2) is 28.1 Å². The van der Waals surface area contributed by atoms with Crippen molar-refractivity contribution in [3.8, 4) is 5.75 Å². The van der Waals surface area contributed by atoms with Crippen molar-refractivity contribution in [2.75, 3.05) is 13.1 Å². The second-order valence-electron chi connectivity index (χ2n) is 5.41. The first kappa shape index (κ1) is 19.3. The van der Waals surface area contributed by atoms with Gasteiger partial charge in [-0.05, 0) is 36.8 Å². The molecule has 0 atom stereocenters. The molecule has 0 aliphatic heterocycles. The molecule has 0 saturated heterocycles. The van der Waals surface area contributed by atoms with Crippen LogP contribution in [0.4, 0.5) is 8.78 Å². The molecule has 0 bridgehead atoms. The van der Waals surface area contributed by atoms with Gasteiger partial charge in [0.05, 0.1) is 4.90 Å². The number of hydrogen-bond acceptors (Lipinski definition) is 4. The number of aryl methyl sites for hydroxylation is 1. The van der Waals surface area contributed by atoms with Gasteiger partial charge in [-0.1, -0.05) is 29.8 Å². The van der Waals surface area contributed by atoms with E-state index in [9.17, 15) is 17.2 Å². The highest BCUT2D eigenvalue weighted by molar-refractivity contribution is 7.89. The summed E-state index contributed by atoms with van der Waals surface area (Å²) in [4.78, 5) is 0.229. The first-order valence-electron chi connectivity index (χ1n) is 7.67. The van der Waals surface area contributed by atoms with E-state index in [1.807, 2.05) is 6.92 Å². The minimum atomic E-state index is -3.52. The molecular formula is C17H20F2N2O3S. The first-order valence-corrected chi connectivity index (χ1v) is 9.16. The molecule has 0 spiro atoms. The van der Waals surface area contributed by atoms with Crippen LogP contribution in [0.5, 0.6) is 5.75 Å². The third-order valence-electron chi connectivity index (χ3n) is 3.40. The second-order valence-corrected chi connectivity index (χ2v) is 7.18. The van der Waals surface area contributed by atoms with Gasteiger partial charge >= 0.3 is 6.61 Å². The molecular weight excluding hydrogens is 350 g/mol. The number of halogens is 2. The predicted molar refractivity (Wildman–Crippen MR) is 91.1 cm³/mol. The van der Waals surface area contributed by atoms with Crippen LogP contribution >= 0.6 is 0 Å². The lowest BCUT2D eigenvalue weighted by Crippen LogP contribution is -2.31. The molecule has 2 N–H and O–H groups in total. The number of alkyl halides is 2. The van der Waals surface area contributed by atoms with Crippen molar-refractivity contribution in [2.45, 2.75) is 25.0 Å². The lowest BCUT2D eigenvalue weighted by Gasteiger charge is -2.09. The smallest absolute Gasteiger partial charge is 0.387 e. The molecule has 0 amide bonds. The highest BCUT2D eigenvalue weighted by Crippen LogP contribution is 2.14. The minimum absolute atomic E-state index is 0.101. The standard InChI is InChI=1S/C17H20F2N2O3S/c1-13-2-8-16(9-3-13)25(22,23)21-11-10-20-12-14-4-6-15(7-5-14)24-17(18)19/h2-9,17,20-21H,10-12H2,1H3. The van der Waals surface area contributed by atoms with E-state index in [4.69, 9.17) is 0 Å². The highest BCUT2D eigenvalue weighted by atomic mass is 32.2. The van der Waals surface area contributed by atoms with Gasteiger partial charge in [-0.15, -0.1) is 0 Å². The Kier molecular flexibility index (Phi) is 6.86. The van der Waals surface area contributed by atoms with Gasteiger partial charge in [0.25, 0.3) is 0 Å². The largest absolute Gasteiger partial charge is 0.435 e. The molecule has 0 heterocycles.